The van der Waals surface area contributed by atoms with Gasteiger partial charge in [-0.15, -0.1) is 0 Å². The smallest absolute Gasteiger partial charge is 0.263 e. The Kier molecular flexibility index (Phi) is 3.19. The average molecular weight is 302 g/mol. The Morgan fingerprint density at radius 2 is 2.15 bits per heavy atom. The molecule has 1 aliphatic rings. The molecule has 1 aromatic carbocycles. The zero-order chi connectivity index (χ0) is 14.3. The summed E-state index contributed by atoms with van der Waals surface area (Å²) in [6.45, 7) is 1.51. The molecule has 6 heteroatoms. The molecule has 20 heavy (non-hydrogen) atoms. The molecule has 0 atom stereocenters. The molecule has 100 valence electrons. The maximum absolute atomic E-state index is 11.7. The first-order valence-corrected chi connectivity index (χ1v) is 7.14. The predicted octanol–water partition coefficient (Wildman–Crippen LogP) is 2.79. The number of hydrogen-bond donors (Lipinski definition) is 1. The van der Waals surface area contributed by atoms with Crippen LogP contribution in [0.2, 0.25) is 0 Å². The van der Waals surface area contributed by atoms with Gasteiger partial charge in [0.25, 0.3) is 5.91 Å². The second kappa shape index (κ2) is 4.88. The van der Waals surface area contributed by atoms with Crippen molar-refractivity contribution in [2.24, 2.45) is 0 Å². The van der Waals surface area contributed by atoms with Crippen molar-refractivity contribution in [1.29, 1.82) is 0 Å². The Labute approximate surface area is 124 Å². The van der Waals surface area contributed by atoms with Crippen molar-refractivity contribution in [3.05, 3.63) is 40.9 Å². The molecule has 1 amide bonds. The van der Waals surface area contributed by atoms with Gasteiger partial charge in [0.05, 0.1) is 10.4 Å². The number of hydrogen-bond acceptors (Lipinski definition) is 4. The van der Waals surface area contributed by atoms with Crippen molar-refractivity contribution >= 4 is 57.1 Å². The van der Waals surface area contributed by atoms with Crippen LogP contribution in [0.25, 0.3) is 17.0 Å². The van der Waals surface area contributed by atoms with Gasteiger partial charge in [-0.2, -0.15) is 0 Å². The van der Waals surface area contributed by atoms with E-state index in [-0.39, 0.29) is 11.8 Å². The number of carbonyl (C=O) groups is 2. The normalized spacial score (nSPS) is 16.9. The minimum absolute atomic E-state index is 0.0649. The van der Waals surface area contributed by atoms with Gasteiger partial charge in [-0.3, -0.25) is 14.2 Å². The minimum atomic E-state index is -0.195. The van der Waals surface area contributed by atoms with E-state index in [9.17, 15) is 9.59 Å². The topological polar surface area (TPSA) is 51.1 Å². The molecule has 2 aromatic rings. The Hall–Kier alpha value is -1.92. The molecular formula is C14H10N2O2S2. The lowest BCUT2D eigenvalue weighted by Crippen LogP contribution is -2.17. The van der Waals surface area contributed by atoms with Crippen LogP contribution in [0, 0.1) is 0 Å². The second-order valence-corrected chi connectivity index (χ2v) is 6.06. The summed E-state index contributed by atoms with van der Waals surface area (Å²) in [5.41, 5.74) is 1.66. The Bertz CT molecular complexity index is 790. The van der Waals surface area contributed by atoms with Crippen LogP contribution in [0.4, 0.5) is 0 Å². The van der Waals surface area contributed by atoms with E-state index in [1.54, 1.807) is 16.8 Å². The van der Waals surface area contributed by atoms with Crippen molar-refractivity contribution in [2.75, 3.05) is 0 Å². The molecule has 1 fully saturated rings. The van der Waals surface area contributed by atoms with Gasteiger partial charge in [0.15, 0.2) is 0 Å². The Morgan fingerprint density at radius 1 is 1.40 bits per heavy atom. The molecule has 1 aliphatic heterocycles. The van der Waals surface area contributed by atoms with E-state index < -0.39 is 0 Å². The van der Waals surface area contributed by atoms with Crippen LogP contribution in [0.5, 0.6) is 0 Å². The molecule has 4 nitrogen and oxygen atoms in total. The molecule has 3 rings (SSSR count). The van der Waals surface area contributed by atoms with E-state index >= 15 is 0 Å². The standard InChI is InChI=1S/C14H10N2O2S2/c1-8(17)16-7-9(10-4-2-3-5-11(10)16)6-12-13(18)15-14(19)20-12/h2-7H,1H3,(H,15,18,19)/b12-6-. The number of aromatic nitrogens is 1. The fraction of sp³-hybridized carbons (Fsp3) is 0.0714. The SMILES string of the molecule is CC(=O)n1cc(/C=C2\SC(=S)NC2=O)c2ccccc21. The summed E-state index contributed by atoms with van der Waals surface area (Å²) in [5, 5.41) is 3.51. The Morgan fingerprint density at radius 3 is 2.80 bits per heavy atom. The molecule has 0 spiro atoms. The third-order valence-electron chi connectivity index (χ3n) is 3.01. The van der Waals surface area contributed by atoms with Crippen LogP contribution in [0.15, 0.2) is 35.4 Å². The second-order valence-electron chi connectivity index (χ2n) is 4.34. The monoisotopic (exact) mass is 302 g/mol. The summed E-state index contributed by atoms with van der Waals surface area (Å²) in [6.07, 6.45) is 3.51. The molecule has 0 unspecified atom stereocenters. The molecule has 1 saturated heterocycles. The van der Waals surface area contributed by atoms with Gasteiger partial charge in [0, 0.05) is 24.1 Å². The van der Waals surface area contributed by atoms with Crippen molar-refractivity contribution in [3.63, 3.8) is 0 Å². The summed E-state index contributed by atoms with van der Waals surface area (Å²) in [6, 6.07) is 7.59. The number of thiocarbonyl (C=S) groups is 1. The van der Waals surface area contributed by atoms with E-state index in [4.69, 9.17) is 12.2 Å². The van der Waals surface area contributed by atoms with Crippen molar-refractivity contribution < 1.29 is 9.59 Å². The molecule has 0 radical (unpaired) electrons. The highest BCUT2D eigenvalue weighted by molar-refractivity contribution is 8.26. The lowest BCUT2D eigenvalue weighted by Gasteiger charge is -1.96. The highest BCUT2D eigenvalue weighted by atomic mass is 32.2. The molecule has 0 aliphatic carbocycles. The molecule has 0 saturated carbocycles. The molecule has 1 N–H and O–H groups in total. The van der Waals surface area contributed by atoms with Gasteiger partial charge in [0.2, 0.25) is 5.91 Å². The number of nitrogens with zero attached hydrogens (tertiary/aromatic N) is 1. The third-order valence-corrected chi connectivity index (χ3v) is 4.17. The van der Waals surface area contributed by atoms with E-state index in [1.165, 1.54) is 18.7 Å². The van der Waals surface area contributed by atoms with Crippen LogP contribution in [0.3, 0.4) is 0 Å². The van der Waals surface area contributed by atoms with Gasteiger partial charge in [-0.05, 0) is 12.1 Å². The largest absolute Gasteiger partial charge is 0.307 e. The minimum Gasteiger partial charge on any atom is -0.307 e. The summed E-state index contributed by atoms with van der Waals surface area (Å²) < 4.78 is 2.04. The Balaban J connectivity index is 2.18. The summed E-state index contributed by atoms with van der Waals surface area (Å²) in [4.78, 5) is 23.9. The number of fused-ring (bicyclic) bond motifs is 1. The first kappa shape index (κ1) is 13.1. The van der Waals surface area contributed by atoms with Crippen molar-refractivity contribution in [3.8, 4) is 0 Å². The van der Waals surface area contributed by atoms with Gasteiger partial charge in [-0.1, -0.05) is 42.2 Å². The van der Waals surface area contributed by atoms with Crippen molar-refractivity contribution in [2.45, 2.75) is 6.92 Å². The number of carbonyl (C=O) groups excluding carboxylic acids is 2. The molecule has 2 heterocycles. The van der Waals surface area contributed by atoms with E-state index in [0.717, 1.165) is 16.5 Å². The van der Waals surface area contributed by atoms with E-state index in [0.29, 0.717) is 9.23 Å². The van der Waals surface area contributed by atoms with Crippen LogP contribution in [0.1, 0.15) is 17.3 Å². The predicted molar refractivity (Wildman–Crippen MR) is 84.5 cm³/mol. The maximum Gasteiger partial charge on any atom is 0.263 e. The number of para-hydroxylation sites is 1. The lowest BCUT2D eigenvalue weighted by molar-refractivity contribution is -0.115. The summed E-state index contributed by atoms with van der Waals surface area (Å²) >= 11 is 6.20. The fourth-order valence-corrected chi connectivity index (χ4v) is 3.18. The van der Waals surface area contributed by atoms with Crippen molar-refractivity contribution in [1.82, 2.24) is 9.88 Å². The maximum atomic E-state index is 11.7. The van der Waals surface area contributed by atoms with Gasteiger partial charge >= 0.3 is 0 Å². The number of benzene rings is 1. The highest BCUT2D eigenvalue weighted by Gasteiger charge is 2.22. The summed E-state index contributed by atoms with van der Waals surface area (Å²) in [7, 11) is 0. The zero-order valence-corrected chi connectivity index (χ0v) is 12.2. The number of nitrogens with one attached hydrogen (secondary N) is 1. The average Bonchev–Trinajstić information content (AvgIpc) is 2.92. The summed E-state index contributed by atoms with van der Waals surface area (Å²) in [5.74, 6) is -0.260. The van der Waals surface area contributed by atoms with Crippen LogP contribution >= 0.6 is 24.0 Å². The van der Waals surface area contributed by atoms with Gasteiger partial charge < -0.3 is 5.32 Å². The fourth-order valence-electron chi connectivity index (χ4n) is 2.14. The number of rotatable bonds is 1. The first-order valence-electron chi connectivity index (χ1n) is 5.92. The van der Waals surface area contributed by atoms with E-state index in [1.807, 2.05) is 24.3 Å². The first-order chi connectivity index (χ1) is 9.56. The van der Waals surface area contributed by atoms with E-state index in [2.05, 4.69) is 5.32 Å². The third kappa shape index (κ3) is 2.17. The lowest BCUT2D eigenvalue weighted by atomic mass is 10.1. The van der Waals surface area contributed by atoms with Gasteiger partial charge in [0.1, 0.15) is 4.32 Å². The molecular weight excluding hydrogens is 292 g/mol. The quantitative estimate of drug-likeness (QED) is 0.650. The van der Waals surface area contributed by atoms with Crippen LogP contribution in [-0.2, 0) is 4.79 Å². The number of amides is 1. The zero-order valence-electron chi connectivity index (χ0n) is 10.5. The highest BCUT2D eigenvalue weighted by Crippen LogP contribution is 2.29. The molecule has 1 aromatic heterocycles. The van der Waals surface area contributed by atoms with Crippen LogP contribution in [-0.4, -0.2) is 20.7 Å². The molecule has 0 bridgehead atoms. The van der Waals surface area contributed by atoms with Crippen LogP contribution < -0.4 is 5.32 Å². The van der Waals surface area contributed by atoms with Gasteiger partial charge in [-0.25, -0.2) is 0 Å². The number of thioether (sulfide) groups is 1.